The average Bonchev–Trinajstić information content (AvgIpc) is 2.76. The minimum Gasteiger partial charge on any atom is -0.404 e. The van der Waals surface area contributed by atoms with E-state index in [1.807, 2.05) is 6.08 Å². The Labute approximate surface area is 134 Å². The van der Waals surface area contributed by atoms with Gasteiger partial charge in [-0.15, -0.1) is 0 Å². The van der Waals surface area contributed by atoms with Gasteiger partial charge in [0, 0.05) is 22.5 Å². The smallest absolute Gasteiger partial charge is 0.404 e. The monoisotopic (exact) mass is 327 g/mol. The molecule has 0 amide bonds. The normalized spacial score (nSPS) is 20.0. The summed E-state index contributed by atoms with van der Waals surface area (Å²) in [6.07, 6.45) is 4.96. The Balaban J connectivity index is 2.26. The number of nitrogens with zero attached hydrogens (tertiary/aromatic N) is 2. The number of alkyl halides is 3. The van der Waals surface area contributed by atoms with Crippen LogP contribution in [0.2, 0.25) is 0 Å². The van der Waals surface area contributed by atoms with Crippen LogP contribution in [0.4, 0.5) is 13.2 Å². The van der Waals surface area contributed by atoms with E-state index in [9.17, 15) is 13.2 Å². The Bertz CT molecular complexity index is 662. The molecule has 1 aliphatic rings. The third-order valence-corrected chi connectivity index (χ3v) is 4.29. The van der Waals surface area contributed by atoms with Crippen molar-refractivity contribution in [2.45, 2.75) is 32.5 Å². The number of nitrogens with two attached hydrogens (primary N) is 1. The van der Waals surface area contributed by atoms with Crippen molar-refractivity contribution in [1.82, 2.24) is 9.47 Å². The Morgan fingerprint density at radius 1 is 1.30 bits per heavy atom. The van der Waals surface area contributed by atoms with E-state index in [1.165, 1.54) is 10.8 Å². The van der Waals surface area contributed by atoms with E-state index in [1.54, 1.807) is 19.1 Å². The van der Waals surface area contributed by atoms with Gasteiger partial charge < -0.3 is 15.2 Å². The molecule has 1 saturated heterocycles. The minimum absolute atomic E-state index is 0.486. The van der Waals surface area contributed by atoms with Gasteiger partial charge in [0.05, 0.1) is 0 Å². The summed E-state index contributed by atoms with van der Waals surface area (Å²) in [5.41, 5.74) is 6.11. The lowest BCUT2D eigenvalue weighted by Crippen LogP contribution is -2.34. The molecule has 1 aromatic heterocycles. The van der Waals surface area contributed by atoms with Crippen molar-refractivity contribution in [2.75, 3.05) is 20.1 Å². The van der Waals surface area contributed by atoms with Crippen molar-refractivity contribution in [3.05, 3.63) is 34.5 Å². The third kappa shape index (κ3) is 4.89. The maximum atomic E-state index is 12.8. The summed E-state index contributed by atoms with van der Waals surface area (Å²) >= 11 is 0. The van der Waals surface area contributed by atoms with Crippen molar-refractivity contribution in [3.63, 3.8) is 0 Å². The summed E-state index contributed by atoms with van der Waals surface area (Å²) in [5, 5.41) is 1.13. The Morgan fingerprint density at radius 2 is 1.96 bits per heavy atom. The van der Waals surface area contributed by atoms with Crippen LogP contribution in [0.5, 0.6) is 0 Å². The highest BCUT2D eigenvalue weighted by molar-refractivity contribution is 5.38. The van der Waals surface area contributed by atoms with Crippen LogP contribution in [0.1, 0.15) is 18.5 Å². The lowest BCUT2D eigenvalue weighted by molar-refractivity contribution is -0.141. The van der Waals surface area contributed by atoms with Crippen LogP contribution < -0.4 is 16.3 Å². The Hall–Kier alpha value is -1.69. The second-order valence-corrected chi connectivity index (χ2v) is 6.19. The molecule has 0 aromatic carbocycles. The van der Waals surface area contributed by atoms with Crippen molar-refractivity contribution >= 4 is 12.3 Å². The quantitative estimate of drug-likeness (QED) is 0.917. The molecule has 0 radical (unpaired) electrons. The maximum Gasteiger partial charge on any atom is 0.406 e. The number of likely N-dealkylation sites (tertiary alicyclic amines) is 1. The molecule has 1 aliphatic heterocycles. The SMILES string of the molecule is Cc1cc(=C\N)/c(=C\C=C/C2CCN(C)CC2)n1CC(F)(F)F. The molecule has 0 spiro atoms. The largest absolute Gasteiger partial charge is 0.406 e. The Morgan fingerprint density at radius 3 is 2.52 bits per heavy atom. The summed E-state index contributed by atoms with van der Waals surface area (Å²) < 4.78 is 39.6. The number of piperidine rings is 1. The number of hydrogen-bond acceptors (Lipinski definition) is 2. The van der Waals surface area contributed by atoms with Gasteiger partial charge in [-0.05, 0) is 58.0 Å². The van der Waals surface area contributed by atoms with Crippen molar-refractivity contribution in [3.8, 4) is 0 Å². The summed E-state index contributed by atoms with van der Waals surface area (Å²) in [6, 6.07) is 1.68. The van der Waals surface area contributed by atoms with Crippen LogP contribution in [0.3, 0.4) is 0 Å². The summed E-state index contributed by atoms with van der Waals surface area (Å²) in [5.74, 6) is 0.486. The van der Waals surface area contributed by atoms with Crippen molar-refractivity contribution in [1.29, 1.82) is 0 Å². The van der Waals surface area contributed by atoms with Gasteiger partial charge >= 0.3 is 6.18 Å². The molecule has 6 heteroatoms. The fourth-order valence-electron chi connectivity index (χ4n) is 2.96. The lowest BCUT2D eigenvalue weighted by Gasteiger charge is -2.26. The summed E-state index contributed by atoms with van der Waals surface area (Å²) in [7, 11) is 2.10. The number of halogens is 3. The molecular weight excluding hydrogens is 303 g/mol. The number of rotatable bonds is 3. The van der Waals surface area contributed by atoms with Crippen molar-refractivity contribution in [2.24, 2.45) is 11.7 Å². The number of aryl methyl sites for hydroxylation is 1. The molecule has 0 bridgehead atoms. The molecule has 1 fully saturated rings. The van der Waals surface area contributed by atoms with E-state index in [0.29, 0.717) is 22.2 Å². The molecule has 0 saturated carbocycles. The zero-order valence-electron chi connectivity index (χ0n) is 13.6. The molecule has 23 heavy (non-hydrogen) atoms. The number of hydrogen-bond donors (Lipinski definition) is 1. The topological polar surface area (TPSA) is 34.2 Å². The first-order valence-electron chi connectivity index (χ1n) is 7.82. The first kappa shape index (κ1) is 17.7. The van der Waals surface area contributed by atoms with Gasteiger partial charge in [-0.25, -0.2) is 0 Å². The lowest BCUT2D eigenvalue weighted by atomic mass is 9.97. The van der Waals surface area contributed by atoms with Gasteiger partial charge in [-0.1, -0.05) is 12.2 Å². The van der Waals surface area contributed by atoms with Gasteiger partial charge in [0.15, 0.2) is 0 Å². The molecule has 0 atom stereocenters. The van der Waals surface area contributed by atoms with E-state index in [2.05, 4.69) is 18.0 Å². The molecule has 0 aliphatic carbocycles. The second-order valence-electron chi connectivity index (χ2n) is 6.19. The fraction of sp³-hybridized carbons (Fsp3) is 0.529. The molecule has 1 aromatic rings. The van der Waals surface area contributed by atoms with Crippen LogP contribution in [-0.2, 0) is 6.54 Å². The fourth-order valence-corrected chi connectivity index (χ4v) is 2.96. The molecule has 0 unspecified atom stereocenters. The first-order chi connectivity index (χ1) is 10.8. The van der Waals surface area contributed by atoms with Crippen molar-refractivity contribution < 1.29 is 13.2 Å². The molecule has 2 heterocycles. The molecule has 3 nitrogen and oxygen atoms in total. The summed E-state index contributed by atoms with van der Waals surface area (Å²) in [6.45, 7) is 2.78. The number of aromatic nitrogens is 1. The average molecular weight is 327 g/mol. The molecular formula is C17H24F3N3. The van der Waals surface area contributed by atoms with E-state index in [4.69, 9.17) is 5.73 Å². The van der Waals surface area contributed by atoms with Crippen LogP contribution >= 0.6 is 0 Å². The van der Waals surface area contributed by atoms with Gasteiger partial charge in [-0.2, -0.15) is 13.2 Å². The van der Waals surface area contributed by atoms with Crippen LogP contribution in [0.15, 0.2) is 18.2 Å². The van der Waals surface area contributed by atoms with E-state index in [-0.39, 0.29) is 0 Å². The van der Waals surface area contributed by atoms with Crippen LogP contribution in [-0.4, -0.2) is 35.8 Å². The third-order valence-electron chi connectivity index (χ3n) is 4.29. The maximum absolute atomic E-state index is 12.8. The van der Waals surface area contributed by atoms with Gasteiger partial charge in [0.1, 0.15) is 6.54 Å². The van der Waals surface area contributed by atoms with Gasteiger partial charge in [0.2, 0.25) is 0 Å². The van der Waals surface area contributed by atoms with E-state index in [0.717, 1.165) is 25.9 Å². The van der Waals surface area contributed by atoms with E-state index >= 15 is 0 Å². The molecule has 2 N–H and O–H groups in total. The molecule has 2 rings (SSSR count). The Kier molecular flexibility index (Phi) is 5.57. The first-order valence-corrected chi connectivity index (χ1v) is 7.82. The van der Waals surface area contributed by atoms with E-state index < -0.39 is 12.7 Å². The second kappa shape index (κ2) is 7.25. The van der Waals surface area contributed by atoms with Gasteiger partial charge in [0.25, 0.3) is 0 Å². The standard InChI is InChI=1S/C17H24F3N3/c1-13-10-15(11-21)16(23(13)12-17(18,19)20)5-3-4-14-6-8-22(2)9-7-14/h3-5,10-11,14H,6-9,12,21H2,1-2H3/b4-3-,15-11+,16-5+. The minimum atomic E-state index is -4.25. The molecule has 128 valence electrons. The predicted octanol–water partition coefficient (Wildman–Crippen LogP) is 1.73. The summed E-state index contributed by atoms with van der Waals surface area (Å²) in [4.78, 5) is 2.29. The predicted molar refractivity (Wildman–Crippen MR) is 87.0 cm³/mol. The highest BCUT2D eigenvalue weighted by Gasteiger charge is 2.28. The highest BCUT2D eigenvalue weighted by Crippen LogP contribution is 2.18. The van der Waals surface area contributed by atoms with Crippen LogP contribution in [0, 0.1) is 12.8 Å². The van der Waals surface area contributed by atoms with Gasteiger partial charge in [-0.3, -0.25) is 0 Å². The zero-order valence-corrected chi connectivity index (χ0v) is 13.6. The highest BCUT2D eigenvalue weighted by atomic mass is 19.4. The number of allylic oxidation sites excluding steroid dienone is 2. The van der Waals surface area contributed by atoms with Crippen LogP contribution in [0.25, 0.3) is 12.3 Å². The zero-order chi connectivity index (χ0) is 17.0.